The van der Waals surface area contributed by atoms with Crippen LogP contribution in [-0.4, -0.2) is 50.1 Å². The smallest absolute Gasteiger partial charge is 0.325 e. The first-order valence-electron chi connectivity index (χ1n) is 6.04. The lowest BCUT2D eigenvalue weighted by Gasteiger charge is -2.25. The van der Waals surface area contributed by atoms with Crippen molar-refractivity contribution in [3.8, 4) is 0 Å². The van der Waals surface area contributed by atoms with Crippen LogP contribution < -0.4 is 10.2 Å². The van der Waals surface area contributed by atoms with Crippen molar-refractivity contribution < 1.29 is 4.79 Å². The lowest BCUT2D eigenvalue weighted by molar-refractivity contribution is 0.223. The van der Waals surface area contributed by atoms with Crippen LogP contribution in [0, 0.1) is 13.8 Å². The van der Waals surface area contributed by atoms with Gasteiger partial charge in [-0.25, -0.2) is 9.78 Å². The molecule has 7 heteroatoms. The number of aromatic nitrogens is 1. The highest BCUT2D eigenvalue weighted by atomic mass is 79.9. The summed E-state index contributed by atoms with van der Waals surface area (Å²) in [5, 5.41) is 3.05. The third-order valence-corrected chi connectivity index (χ3v) is 2.56. The molecule has 1 aromatic rings. The summed E-state index contributed by atoms with van der Waals surface area (Å²) < 4.78 is 0. The Morgan fingerprint density at radius 1 is 1.25 bits per heavy atom. The number of anilines is 1. The molecule has 2 amide bonds. The Morgan fingerprint density at radius 2 is 1.85 bits per heavy atom. The van der Waals surface area contributed by atoms with Gasteiger partial charge in [0.25, 0.3) is 0 Å². The summed E-state index contributed by atoms with van der Waals surface area (Å²) in [4.78, 5) is 19.9. The Kier molecular flexibility index (Phi) is 11.0. The van der Waals surface area contributed by atoms with E-state index in [0.29, 0.717) is 12.4 Å². The van der Waals surface area contributed by atoms with Crippen LogP contribution in [0.2, 0.25) is 0 Å². The monoisotopic (exact) mass is 410 g/mol. The number of nitrogens with zero attached hydrogens (tertiary/aromatic N) is 3. The molecule has 5 nitrogen and oxygen atoms in total. The number of pyridine rings is 1. The molecule has 1 N–H and O–H groups in total. The molecule has 0 radical (unpaired) electrons. The van der Waals surface area contributed by atoms with Gasteiger partial charge in [-0.05, 0) is 38.6 Å². The van der Waals surface area contributed by atoms with E-state index < -0.39 is 0 Å². The quantitative estimate of drug-likeness (QED) is 0.828. The molecule has 0 aromatic carbocycles. The maximum absolute atomic E-state index is 12.2. The predicted octanol–water partition coefficient (Wildman–Crippen LogP) is 2.56. The highest BCUT2D eigenvalue weighted by molar-refractivity contribution is 8.93. The number of hydrogen-bond acceptors (Lipinski definition) is 3. The fraction of sp³-hybridized carbons (Fsp3) is 0.538. The molecule has 0 unspecified atom stereocenters. The average molecular weight is 412 g/mol. The van der Waals surface area contributed by atoms with Crippen LogP contribution in [0.3, 0.4) is 0 Å². The number of nitrogens with one attached hydrogen (secondary N) is 1. The molecule has 0 aliphatic rings. The number of rotatable bonds is 4. The Bertz CT molecular complexity index is 407. The summed E-state index contributed by atoms with van der Waals surface area (Å²) in [6, 6.07) is 3.88. The Hall–Kier alpha value is -0.660. The fourth-order valence-electron chi connectivity index (χ4n) is 1.73. The van der Waals surface area contributed by atoms with Crippen LogP contribution in [-0.2, 0) is 0 Å². The first-order chi connectivity index (χ1) is 8.45. The van der Waals surface area contributed by atoms with Crippen molar-refractivity contribution in [2.24, 2.45) is 0 Å². The molecule has 0 saturated carbocycles. The molecule has 0 bridgehead atoms. The summed E-state index contributed by atoms with van der Waals surface area (Å²) in [7, 11) is 5.36. The molecule has 116 valence electrons. The Labute approximate surface area is 142 Å². The molecular weight excluding hydrogens is 388 g/mol. The van der Waals surface area contributed by atoms with Gasteiger partial charge in [0.15, 0.2) is 0 Å². The SMILES string of the molecule is Br.Br.CNCCN(C(=O)N(C)C)c1cc(C)cc(C)n1. The minimum atomic E-state index is -0.0530. The zero-order chi connectivity index (χ0) is 13.7. The molecule has 1 rings (SSSR count). The maximum atomic E-state index is 12.2. The van der Waals surface area contributed by atoms with Gasteiger partial charge in [0, 0.05) is 32.9 Å². The van der Waals surface area contributed by atoms with Crippen molar-refractivity contribution in [2.45, 2.75) is 13.8 Å². The fourth-order valence-corrected chi connectivity index (χ4v) is 1.73. The van der Waals surface area contributed by atoms with Gasteiger partial charge in [-0.15, -0.1) is 34.0 Å². The van der Waals surface area contributed by atoms with Crippen molar-refractivity contribution in [3.63, 3.8) is 0 Å². The lowest BCUT2D eigenvalue weighted by Crippen LogP contribution is -2.43. The highest BCUT2D eigenvalue weighted by Gasteiger charge is 2.18. The molecular formula is C13H24Br2N4O. The van der Waals surface area contributed by atoms with Crippen LogP contribution in [0.25, 0.3) is 0 Å². The lowest BCUT2D eigenvalue weighted by atomic mass is 10.2. The molecule has 0 fully saturated rings. The number of likely N-dealkylation sites (N-methyl/N-ethyl adjacent to an activating group) is 1. The van der Waals surface area contributed by atoms with Crippen LogP contribution in [0.5, 0.6) is 0 Å². The van der Waals surface area contributed by atoms with E-state index in [-0.39, 0.29) is 40.0 Å². The zero-order valence-electron chi connectivity index (χ0n) is 12.6. The van der Waals surface area contributed by atoms with Crippen molar-refractivity contribution in [1.29, 1.82) is 0 Å². The molecule has 1 aromatic heterocycles. The summed E-state index contributed by atoms with van der Waals surface area (Å²) in [6.45, 7) is 5.28. The number of hydrogen-bond donors (Lipinski definition) is 1. The number of carbonyl (C=O) groups is 1. The zero-order valence-corrected chi connectivity index (χ0v) is 16.1. The molecule has 20 heavy (non-hydrogen) atoms. The number of amides is 2. The second-order valence-corrected chi connectivity index (χ2v) is 4.58. The second kappa shape index (κ2) is 10.1. The molecule has 0 saturated heterocycles. The average Bonchev–Trinajstić information content (AvgIpc) is 2.27. The van der Waals surface area contributed by atoms with E-state index in [9.17, 15) is 4.79 Å². The topological polar surface area (TPSA) is 48.5 Å². The van der Waals surface area contributed by atoms with E-state index in [4.69, 9.17) is 0 Å². The summed E-state index contributed by atoms with van der Waals surface area (Å²) in [6.07, 6.45) is 0. The van der Waals surface area contributed by atoms with Crippen molar-refractivity contribution >= 4 is 45.8 Å². The molecule has 0 aliphatic heterocycles. The van der Waals surface area contributed by atoms with Crippen molar-refractivity contribution in [2.75, 3.05) is 39.1 Å². The van der Waals surface area contributed by atoms with Gasteiger partial charge >= 0.3 is 6.03 Å². The number of halogens is 2. The van der Waals surface area contributed by atoms with Crippen LogP contribution >= 0.6 is 34.0 Å². The third-order valence-electron chi connectivity index (χ3n) is 2.56. The van der Waals surface area contributed by atoms with Crippen LogP contribution in [0.1, 0.15) is 11.3 Å². The molecule has 0 atom stereocenters. The summed E-state index contributed by atoms with van der Waals surface area (Å²) in [5.74, 6) is 0.710. The van der Waals surface area contributed by atoms with E-state index in [1.165, 1.54) is 0 Å². The van der Waals surface area contributed by atoms with Gasteiger partial charge in [0.1, 0.15) is 5.82 Å². The van der Waals surface area contributed by atoms with E-state index in [2.05, 4.69) is 10.3 Å². The number of aryl methyl sites for hydroxylation is 2. The van der Waals surface area contributed by atoms with Gasteiger partial charge in [-0.3, -0.25) is 4.90 Å². The first-order valence-corrected chi connectivity index (χ1v) is 6.04. The number of urea groups is 1. The molecule has 1 heterocycles. The number of carbonyl (C=O) groups excluding carboxylic acids is 1. The summed E-state index contributed by atoms with van der Waals surface area (Å²) >= 11 is 0. The minimum absolute atomic E-state index is 0. The van der Waals surface area contributed by atoms with E-state index in [1.807, 2.05) is 33.0 Å². The molecule has 0 aliphatic carbocycles. The predicted molar refractivity (Wildman–Crippen MR) is 94.7 cm³/mol. The summed E-state index contributed by atoms with van der Waals surface area (Å²) in [5.41, 5.74) is 2.03. The minimum Gasteiger partial charge on any atom is -0.330 e. The van der Waals surface area contributed by atoms with Crippen LogP contribution in [0.4, 0.5) is 10.6 Å². The van der Waals surface area contributed by atoms with E-state index in [1.54, 1.807) is 23.9 Å². The van der Waals surface area contributed by atoms with Crippen molar-refractivity contribution in [1.82, 2.24) is 15.2 Å². The van der Waals surface area contributed by atoms with Gasteiger partial charge in [-0.2, -0.15) is 0 Å². The second-order valence-electron chi connectivity index (χ2n) is 4.58. The van der Waals surface area contributed by atoms with Gasteiger partial charge in [0.05, 0.1) is 0 Å². The van der Waals surface area contributed by atoms with Crippen molar-refractivity contribution in [3.05, 3.63) is 23.4 Å². The standard InChI is InChI=1S/C13H22N4O.2BrH/c1-10-8-11(2)15-12(9-10)17(7-6-14-3)13(18)16(4)5;;/h8-9,14H,6-7H2,1-5H3;2*1H. The van der Waals surface area contributed by atoms with Gasteiger partial charge in [-0.1, -0.05) is 0 Å². The maximum Gasteiger partial charge on any atom is 0.325 e. The van der Waals surface area contributed by atoms with E-state index >= 15 is 0 Å². The van der Waals surface area contributed by atoms with Crippen LogP contribution in [0.15, 0.2) is 12.1 Å². The van der Waals surface area contributed by atoms with Gasteiger partial charge < -0.3 is 10.2 Å². The highest BCUT2D eigenvalue weighted by Crippen LogP contribution is 2.15. The Morgan fingerprint density at radius 3 is 2.30 bits per heavy atom. The Balaban J connectivity index is 0. The van der Waals surface area contributed by atoms with E-state index in [0.717, 1.165) is 17.8 Å². The first kappa shape index (κ1) is 21.6. The third kappa shape index (κ3) is 6.19. The normalized spacial score (nSPS) is 9.25. The molecule has 0 spiro atoms. The largest absolute Gasteiger partial charge is 0.330 e. The van der Waals surface area contributed by atoms with Gasteiger partial charge in [0.2, 0.25) is 0 Å².